The Labute approximate surface area is 155 Å². The molecule has 26 heavy (non-hydrogen) atoms. The predicted octanol–water partition coefficient (Wildman–Crippen LogP) is 1.36. The second-order valence-corrected chi connectivity index (χ2v) is 7.22. The van der Waals surface area contributed by atoms with E-state index in [4.69, 9.17) is 4.74 Å². The number of carbonyl (C=O) groups excluding carboxylic acids is 2. The first-order valence-electron chi connectivity index (χ1n) is 9.49. The molecule has 2 saturated heterocycles. The molecule has 6 nitrogen and oxygen atoms in total. The average molecular weight is 359 g/mol. The van der Waals surface area contributed by atoms with Gasteiger partial charge in [-0.3, -0.25) is 14.5 Å². The number of nitrogens with zero attached hydrogens (tertiary/aromatic N) is 3. The van der Waals surface area contributed by atoms with Crippen molar-refractivity contribution in [2.75, 3.05) is 39.8 Å². The van der Waals surface area contributed by atoms with Crippen molar-refractivity contribution < 1.29 is 14.3 Å². The highest BCUT2D eigenvalue weighted by Crippen LogP contribution is 2.17. The van der Waals surface area contributed by atoms with Crippen molar-refractivity contribution in [1.82, 2.24) is 14.7 Å². The monoisotopic (exact) mass is 359 g/mol. The third-order valence-corrected chi connectivity index (χ3v) is 5.37. The number of likely N-dealkylation sites (N-methyl/N-ethyl adjacent to an activating group) is 1. The van der Waals surface area contributed by atoms with E-state index in [0.717, 1.165) is 31.5 Å². The molecular formula is C20H29N3O3. The molecule has 2 amide bonds. The van der Waals surface area contributed by atoms with Gasteiger partial charge in [-0.1, -0.05) is 30.3 Å². The largest absolute Gasteiger partial charge is 0.368 e. The summed E-state index contributed by atoms with van der Waals surface area (Å²) >= 11 is 0. The second kappa shape index (κ2) is 8.64. The lowest BCUT2D eigenvalue weighted by Crippen LogP contribution is -2.56. The SMILES string of the molecule is CC(C(=O)N(C)Cc1ccccc1)N1CCN(C(=O)C2CCCO2)CC1. The van der Waals surface area contributed by atoms with Gasteiger partial charge in [0.25, 0.3) is 5.91 Å². The first-order valence-corrected chi connectivity index (χ1v) is 9.49. The molecule has 2 atom stereocenters. The number of hydrogen-bond acceptors (Lipinski definition) is 4. The van der Waals surface area contributed by atoms with Gasteiger partial charge >= 0.3 is 0 Å². The molecule has 0 N–H and O–H groups in total. The van der Waals surface area contributed by atoms with Crippen molar-refractivity contribution in [2.45, 2.75) is 38.5 Å². The highest BCUT2D eigenvalue weighted by atomic mass is 16.5. The van der Waals surface area contributed by atoms with Crippen LogP contribution in [0.2, 0.25) is 0 Å². The minimum absolute atomic E-state index is 0.113. The molecule has 0 radical (unpaired) electrons. The molecule has 0 bridgehead atoms. The van der Waals surface area contributed by atoms with Crippen molar-refractivity contribution in [2.24, 2.45) is 0 Å². The second-order valence-electron chi connectivity index (χ2n) is 7.22. The fourth-order valence-corrected chi connectivity index (χ4v) is 3.72. The topological polar surface area (TPSA) is 53.1 Å². The van der Waals surface area contributed by atoms with Crippen LogP contribution >= 0.6 is 0 Å². The van der Waals surface area contributed by atoms with Crippen LogP contribution in [0.4, 0.5) is 0 Å². The maximum absolute atomic E-state index is 12.8. The van der Waals surface area contributed by atoms with Crippen LogP contribution in [0.25, 0.3) is 0 Å². The van der Waals surface area contributed by atoms with Gasteiger partial charge in [0, 0.05) is 46.4 Å². The number of amides is 2. The van der Waals surface area contributed by atoms with Gasteiger partial charge in [0.05, 0.1) is 6.04 Å². The maximum atomic E-state index is 12.8. The smallest absolute Gasteiger partial charge is 0.251 e. The zero-order valence-corrected chi connectivity index (χ0v) is 15.8. The van der Waals surface area contributed by atoms with Crippen molar-refractivity contribution in [3.8, 4) is 0 Å². The quantitative estimate of drug-likeness (QED) is 0.797. The third kappa shape index (κ3) is 4.43. The summed E-state index contributed by atoms with van der Waals surface area (Å²) < 4.78 is 5.50. The summed E-state index contributed by atoms with van der Waals surface area (Å²) in [6, 6.07) is 9.84. The van der Waals surface area contributed by atoms with E-state index in [1.54, 1.807) is 4.90 Å². The van der Waals surface area contributed by atoms with Crippen molar-refractivity contribution in [3.63, 3.8) is 0 Å². The van der Waals surface area contributed by atoms with Gasteiger partial charge in [0.1, 0.15) is 6.10 Å². The lowest BCUT2D eigenvalue weighted by molar-refractivity contribution is -0.144. The van der Waals surface area contributed by atoms with E-state index in [0.29, 0.717) is 26.2 Å². The number of benzene rings is 1. The van der Waals surface area contributed by atoms with Crippen LogP contribution < -0.4 is 0 Å². The van der Waals surface area contributed by atoms with Crippen LogP contribution in [0, 0.1) is 0 Å². The molecule has 1 aromatic carbocycles. The minimum atomic E-state index is -0.252. The lowest BCUT2D eigenvalue weighted by atomic mass is 10.1. The highest BCUT2D eigenvalue weighted by Gasteiger charge is 2.33. The molecule has 2 fully saturated rings. The molecular weight excluding hydrogens is 330 g/mol. The van der Waals surface area contributed by atoms with Gasteiger partial charge in [-0.05, 0) is 25.3 Å². The summed E-state index contributed by atoms with van der Waals surface area (Å²) in [5.74, 6) is 0.232. The van der Waals surface area contributed by atoms with E-state index < -0.39 is 0 Å². The van der Waals surface area contributed by atoms with Crippen molar-refractivity contribution in [1.29, 1.82) is 0 Å². The third-order valence-electron chi connectivity index (χ3n) is 5.37. The molecule has 3 rings (SSSR count). The van der Waals surface area contributed by atoms with E-state index in [1.807, 2.05) is 49.2 Å². The van der Waals surface area contributed by atoms with Crippen LogP contribution in [-0.4, -0.2) is 78.5 Å². The van der Waals surface area contributed by atoms with Crippen LogP contribution in [0.15, 0.2) is 30.3 Å². The summed E-state index contributed by atoms with van der Waals surface area (Å²) in [5, 5.41) is 0. The lowest BCUT2D eigenvalue weighted by Gasteiger charge is -2.39. The Kier molecular flexibility index (Phi) is 6.27. The summed E-state index contributed by atoms with van der Waals surface area (Å²) in [6.45, 7) is 6.05. The van der Waals surface area contributed by atoms with Gasteiger partial charge in [-0.15, -0.1) is 0 Å². The molecule has 0 spiro atoms. The van der Waals surface area contributed by atoms with E-state index >= 15 is 0 Å². The molecule has 2 unspecified atom stereocenters. The number of hydrogen-bond donors (Lipinski definition) is 0. The fraction of sp³-hybridized carbons (Fsp3) is 0.600. The zero-order chi connectivity index (χ0) is 18.5. The summed E-state index contributed by atoms with van der Waals surface area (Å²) in [6.07, 6.45) is 1.55. The number of carbonyl (C=O) groups is 2. The van der Waals surface area contributed by atoms with Gasteiger partial charge in [-0.25, -0.2) is 0 Å². The predicted molar refractivity (Wildman–Crippen MR) is 99.5 cm³/mol. The van der Waals surface area contributed by atoms with E-state index in [2.05, 4.69) is 4.90 Å². The van der Waals surface area contributed by atoms with E-state index in [1.165, 1.54) is 0 Å². The van der Waals surface area contributed by atoms with Gasteiger partial charge in [0.2, 0.25) is 5.91 Å². The summed E-state index contributed by atoms with van der Waals surface area (Å²) in [7, 11) is 1.85. The Hall–Kier alpha value is -1.92. The molecule has 2 heterocycles. The van der Waals surface area contributed by atoms with Crippen LogP contribution in [0.1, 0.15) is 25.3 Å². The Balaban J connectivity index is 1.48. The Morgan fingerprint density at radius 1 is 1.19 bits per heavy atom. The number of piperazine rings is 1. The summed E-state index contributed by atoms with van der Waals surface area (Å²) in [4.78, 5) is 31.0. The molecule has 2 aliphatic heterocycles. The summed E-state index contributed by atoms with van der Waals surface area (Å²) in [5.41, 5.74) is 1.13. The van der Waals surface area contributed by atoms with Gasteiger partial charge in [-0.2, -0.15) is 0 Å². The molecule has 1 aromatic rings. The molecule has 0 aliphatic carbocycles. The normalized spacial score (nSPS) is 22.2. The van der Waals surface area contributed by atoms with E-state index in [-0.39, 0.29) is 24.0 Å². The van der Waals surface area contributed by atoms with E-state index in [9.17, 15) is 9.59 Å². The number of rotatable bonds is 5. The van der Waals surface area contributed by atoms with Crippen LogP contribution in [-0.2, 0) is 20.9 Å². The Morgan fingerprint density at radius 2 is 1.88 bits per heavy atom. The number of ether oxygens (including phenoxy) is 1. The molecule has 0 aromatic heterocycles. The first kappa shape index (κ1) is 18.9. The maximum Gasteiger partial charge on any atom is 0.251 e. The zero-order valence-electron chi connectivity index (χ0n) is 15.8. The van der Waals surface area contributed by atoms with Crippen molar-refractivity contribution >= 4 is 11.8 Å². The minimum Gasteiger partial charge on any atom is -0.368 e. The Morgan fingerprint density at radius 3 is 2.50 bits per heavy atom. The highest BCUT2D eigenvalue weighted by molar-refractivity contribution is 5.82. The van der Waals surface area contributed by atoms with Crippen LogP contribution in [0.3, 0.4) is 0 Å². The molecule has 0 saturated carbocycles. The van der Waals surface area contributed by atoms with Gasteiger partial charge in [0.15, 0.2) is 0 Å². The fourth-order valence-electron chi connectivity index (χ4n) is 3.72. The van der Waals surface area contributed by atoms with Crippen LogP contribution in [0.5, 0.6) is 0 Å². The molecule has 142 valence electrons. The van der Waals surface area contributed by atoms with Gasteiger partial charge < -0.3 is 14.5 Å². The Bertz CT molecular complexity index is 608. The molecule has 6 heteroatoms. The standard InChI is InChI=1S/C20H29N3O3/c1-16(19(24)21(2)15-17-7-4-3-5-8-17)22-10-12-23(13-11-22)20(25)18-9-6-14-26-18/h3-5,7-8,16,18H,6,9-15H2,1-2H3. The van der Waals surface area contributed by atoms with Crippen molar-refractivity contribution in [3.05, 3.63) is 35.9 Å². The first-order chi connectivity index (χ1) is 12.6. The average Bonchev–Trinajstić information content (AvgIpc) is 3.22. The molecule has 2 aliphatic rings.